The molecule has 0 atom stereocenters. The van der Waals surface area contributed by atoms with Crippen LogP contribution in [0, 0.1) is 0 Å². The lowest BCUT2D eigenvalue weighted by Gasteiger charge is -2.18. The Kier molecular flexibility index (Phi) is 7.75. The number of rotatable bonds is 8. The second-order valence-corrected chi connectivity index (χ2v) is 7.72. The number of anilines is 3. The summed E-state index contributed by atoms with van der Waals surface area (Å²) in [4.78, 5) is 16.4. The number of aryl methyl sites for hydroxylation is 2. The van der Waals surface area contributed by atoms with Gasteiger partial charge in [-0.05, 0) is 66.8 Å². The van der Waals surface area contributed by atoms with Crippen LogP contribution < -0.4 is 10.6 Å². The maximum Gasteiger partial charge on any atom is 0.417 e. The zero-order valence-electron chi connectivity index (χ0n) is 17.5. The summed E-state index contributed by atoms with van der Waals surface area (Å²) in [5.74, 6) is -0.376. The van der Waals surface area contributed by atoms with Crippen LogP contribution in [0.2, 0.25) is 5.02 Å². The third-order valence-electron chi connectivity index (χ3n) is 4.95. The first kappa shape index (κ1) is 23.6. The van der Waals surface area contributed by atoms with E-state index in [0.29, 0.717) is 18.5 Å². The maximum absolute atomic E-state index is 13.4. The second-order valence-electron chi connectivity index (χ2n) is 7.31. The van der Waals surface area contributed by atoms with E-state index in [1.54, 1.807) is 12.4 Å². The van der Waals surface area contributed by atoms with E-state index in [0.717, 1.165) is 23.6 Å². The molecule has 0 aliphatic rings. The minimum atomic E-state index is -4.64. The lowest BCUT2D eigenvalue weighted by molar-refractivity contribution is -0.137. The number of alkyl halides is 3. The van der Waals surface area contributed by atoms with Crippen molar-refractivity contribution >= 4 is 34.6 Å². The van der Waals surface area contributed by atoms with Crippen molar-refractivity contribution in [3.8, 4) is 0 Å². The topological polar surface area (TPSA) is 54.0 Å². The van der Waals surface area contributed by atoms with Crippen LogP contribution in [0.3, 0.4) is 0 Å². The molecule has 8 heteroatoms. The molecule has 0 saturated heterocycles. The quantitative estimate of drug-likeness (QED) is 0.379. The number of benzene rings is 2. The maximum atomic E-state index is 13.4. The van der Waals surface area contributed by atoms with Crippen molar-refractivity contribution in [3.05, 3.63) is 82.6 Å². The third-order valence-corrected chi connectivity index (χ3v) is 5.26. The SMILES string of the molecule is CCc1ccc(Nc2cc(Cl)c(C(F)(F)F)cc2NC(=O)CCCc2ccncc2)cc1. The van der Waals surface area contributed by atoms with Gasteiger partial charge in [-0.3, -0.25) is 9.78 Å². The fourth-order valence-corrected chi connectivity index (χ4v) is 3.46. The van der Waals surface area contributed by atoms with Crippen molar-refractivity contribution in [2.24, 2.45) is 0 Å². The Bertz CT molecular complexity index is 1050. The number of nitrogens with zero attached hydrogens (tertiary/aromatic N) is 1. The summed E-state index contributed by atoms with van der Waals surface area (Å²) in [6, 6.07) is 13.3. The molecular weight excluding hydrogens is 439 g/mol. The number of carbonyl (C=O) groups excluding carboxylic acids is 1. The monoisotopic (exact) mass is 461 g/mol. The fourth-order valence-electron chi connectivity index (χ4n) is 3.19. The van der Waals surface area contributed by atoms with E-state index < -0.39 is 16.8 Å². The zero-order chi connectivity index (χ0) is 23.1. The number of amides is 1. The predicted octanol–water partition coefficient (Wildman–Crippen LogP) is 7.02. The number of aromatic nitrogens is 1. The highest BCUT2D eigenvalue weighted by Gasteiger charge is 2.34. The third kappa shape index (κ3) is 6.47. The highest BCUT2D eigenvalue weighted by molar-refractivity contribution is 6.32. The van der Waals surface area contributed by atoms with Gasteiger partial charge in [0.15, 0.2) is 0 Å². The minimum Gasteiger partial charge on any atom is -0.354 e. The number of nitrogens with one attached hydrogen (secondary N) is 2. The Morgan fingerprint density at radius 3 is 2.31 bits per heavy atom. The van der Waals surface area contributed by atoms with Gasteiger partial charge in [-0.25, -0.2) is 0 Å². The number of pyridine rings is 1. The Labute approximate surface area is 189 Å². The molecule has 2 aromatic carbocycles. The van der Waals surface area contributed by atoms with Gasteiger partial charge in [-0.1, -0.05) is 30.7 Å². The number of halogens is 4. The van der Waals surface area contributed by atoms with E-state index in [9.17, 15) is 18.0 Å². The van der Waals surface area contributed by atoms with E-state index in [1.807, 2.05) is 43.3 Å². The van der Waals surface area contributed by atoms with Gasteiger partial charge in [0.25, 0.3) is 0 Å². The van der Waals surface area contributed by atoms with Crippen molar-refractivity contribution in [2.75, 3.05) is 10.6 Å². The first-order chi connectivity index (χ1) is 15.3. The molecule has 32 heavy (non-hydrogen) atoms. The van der Waals surface area contributed by atoms with Crippen LogP contribution in [0.4, 0.5) is 30.2 Å². The molecule has 0 unspecified atom stereocenters. The van der Waals surface area contributed by atoms with Gasteiger partial charge in [0.05, 0.1) is 22.0 Å². The molecule has 0 aliphatic heterocycles. The molecule has 1 amide bonds. The van der Waals surface area contributed by atoms with Gasteiger partial charge in [-0.15, -0.1) is 0 Å². The van der Waals surface area contributed by atoms with Crippen molar-refractivity contribution in [3.63, 3.8) is 0 Å². The highest BCUT2D eigenvalue weighted by atomic mass is 35.5. The molecule has 0 aliphatic carbocycles. The molecule has 0 fully saturated rings. The Morgan fingerprint density at radius 1 is 1.00 bits per heavy atom. The smallest absolute Gasteiger partial charge is 0.354 e. The van der Waals surface area contributed by atoms with Crippen molar-refractivity contribution in [1.29, 1.82) is 0 Å². The average molecular weight is 462 g/mol. The van der Waals surface area contributed by atoms with Crippen LogP contribution in [-0.2, 0) is 23.8 Å². The number of hydrogen-bond acceptors (Lipinski definition) is 3. The van der Waals surface area contributed by atoms with E-state index in [-0.39, 0.29) is 23.7 Å². The van der Waals surface area contributed by atoms with Crippen molar-refractivity contribution < 1.29 is 18.0 Å². The van der Waals surface area contributed by atoms with Gasteiger partial charge in [0, 0.05) is 24.5 Å². The molecule has 3 aromatic rings. The molecule has 0 spiro atoms. The number of carbonyl (C=O) groups is 1. The molecule has 1 heterocycles. The molecular formula is C24H23ClF3N3O. The summed E-state index contributed by atoms with van der Waals surface area (Å²) in [5, 5.41) is 5.22. The van der Waals surface area contributed by atoms with Crippen LogP contribution in [0.5, 0.6) is 0 Å². The Balaban J connectivity index is 1.78. The van der Waals surface area contributed by atoms with E-state index in [2.05, 4.69) is 15.6 Å². The molecule has 0 bridgehead atoms. The fraction of sp³-hybridized carbons (Fsp3) is 0.250. The van der Waals surface area contributed by atoms with E-state index in [1.165, 1.54) is 6.07 Å². The van der Waals surface area contributed by atoms with Crippen LogP contribution in [0.25, 0.3) is 0 Å². The lowest BCUT2D eigenvalue weighted by Crippen LogP contribution is -2.15. The van der Waals surface area contributed by atoms with Gasteiger partial charge >= 0.3 is 6.18 Å². The van der Waals surface area contributed by atoms with Crippen molar-refractivity contribution in [1.82, 2.24) is 4.98 Å². The van der Waals surface area contributed by atoms with Crippen LogP contribution in [-0.4, -0.2) is 10.9 Å². The van der Waals surface area contributed by atoms with Crippen LogP contribution in [0.1, 0.15) is 36.5 Å². The number of hydrogen-bond donors (Lipinski definition) is 2. The summed E-state index contributed by atoms with van der Waals surface area (Å²) < 4.78 is 40.1. The molecule has 3 rings (SSSR count). The summed E-state index contributed by atoms with van der Waals surface area (Å²) in [6.07, 6.45) is 0.957. The standard InChI is InChI=1S/C24H23ClF3N3O/c1-2-16-6-8-18(9-7-16)30-22-15-20(25)19(24(26,27)28)14-21(22)31-23(32)5-3-4-17-10-12-29-13-11-17/h6-15,30H,2-5H2,1H3,(H,31,32). The Morgan fingerprint density at radius 2 is 1.69 bits per heavy atom. The summed E-state index contributed by atoms with van der Waals surface area (Å²) in [6.45, 7) is 2.03. The largest absolute Gasteiger partial charge is 0.417 e. The van der Waals surface area contributed by atoms with E-state index >= 15 is 0 Å². The van der Waals surface area contributed by atoms with Gasteiger partial charge in [0.2, 0.25) is 5.91 Å². The van der Waals surface area contributed by atoms with Gasteiger partial charge in [0.1, 0.15) is 0 Å². The molecule has 168 valence electrons. The van der Waals surface area contributed by atoms with Gasteiger partial charge in [-0.2, -0.15) is 13.2 Å². The molecule has 0 radical (unpaired) electrons. The van der Waals surface area contributed by atoms with Crippen LogP contribution >= 0.6 is 11.6 Å². The summed E-state index contributed by atoms with van der Waals surface area (Å²) in [7, 11) is 0. The zero-order valence-corrected chi connectivity index (χ0v) is 18.2. The normalized spacial score (nSPS) is 11.3. The first-order valence-electron chi connectivity index (χ1n) is 10.2. The molecule has 0 saturated carbocycles. The molecule has 4 nitrogen and oxygen atoms in total. The van der Waals surface area contributed by atoms with Crippen LogP contribution in [0.15, 0.2) is 60.9 Å². The average Bonchev–Trinajstić information content (AvgIpc) is 2.76. The highest BCUT2D eigenvalue weighted by Crippen LogP contribution is 2.40. The predicted molar refractivity (Wildman–Crippen MR) is 121 cm³/mol. The summed E-state index contributed by atoms with van der Waals surface area (Å²) >= 11 is 5.91. The van der Waals surface area contributed by atoms with Crippen molar-refractivity contribution in [2.45, 2.75) is 38.8 Å². The summed E-state index contributed by atoms with van der Waals surface area (Å²) in [5.41, 5.74) is 2.15. The first-order valence-corrected chi connectivity index (χ1v) is 10.6. The lowest BCUT2D eigenvalue weighted by atomic mass is 10.1. The molecule has 2 N–H and O–H groups in total. The Hall–Kier alpha value is -3.06. The van der Waals surface area contributed by atoms with E-state index in [4.69, 9.17) is 11.6 Å². The second kappa shape index (κ2) is 10.5. The minimum absolute atomic E-state index is 0.0233. The van der Waals surface area contributed by atoms with Gasteiger partial charge < -0.3 is 10.6 Å². The molecule has 1 aromatic heterocycles.